The molecule has 3 heteroatoms. The zero-order valence-electron chi connectivity index (χ0n) is 10.2. The van der Waals surface area contributed by atoms with E-state index in [2.05, 4.69) is 11.9 Å². The summed E-state index contributed by atoms with van der Waals surface area (Å²) >= 11 is 1.60. The lowest BCUT2D eigenvalue weighted by molar-refractivity contribution is 0.177. The smallest absolute Gasteiger partial charge is 0.0922 e. The van der Waals surface area contributed by atoms with Gasteiger partial charge in [0.05, 0.1) is 6.10 Å². The minimum Gasteiger partial charge on any atom is -0.387 e. The van der Waals surface area contributed by atoms with Crippen molar-refractivity contribution < 1.29 is 5.11 Å². The van der Waals surface area contributed by atoms with Crippen LogP contribution in [0.25, 0.3) is 5.57 Å². The summed E-state index contributed by atoms with van der Waals surface area (Å²) in [5.41, 5.74) is 3.14. The second-order valence-electron chi connectivity index (χ2n) is 4.17. The molecule has 1 aromatic carbocycles. The third-order valence-electron chi connectivity index (χ3n) is 2.79. The normalized spacial score (nSPS) is 12.3. The van der Waals surface area contributed by atoms with Gasteiger partial charge in [0, 0.05) is 13.1 Å². The molecule has 18 heavy (non-hydrogen) atoms. The van der Waals surface area contributed by atoms with Crippen molar-refractivity contribution in [3.8, 4) is 0 Å². The molecular weight excluding hydrogens is 242 g/mol. The Morgan fingerprint density at radius 2 is 2.06 bits per heavy atom. The van der Waals surface area contributed by atoms with Gasteiger partial charge in [-0.05, 0) is 33.5 Å². The van der Waals surface area contributed by atoms with E-state index in [0.29, 0.717) is 13.1 Å². The molecule has 0 bridgehead atoms. The van der Waals surface area contributed by atoms with Crippen LogP contribution in [0.4, 0.5) is 0 Å². The fraction of sp³-hybridized carbons (Fsp3) is 0.200. The topological polar surface area (TPSA) is 32.3 Å². The number of thiophene rings is 1. The maximum Gasteiger partial charge on any atom is 0.0922 e. The molecule has 1 heterocycles. The Labute approximate surface area is 112 Å². The van der Waals surface area contributed by atoms with Crippen molar-refractivity contribution in [2.24, 2.45) is 0 Å². The van der Waals surface area contributed by atoms with E-state index in [-0.39, 0.29) is 0 Å². The number of hydrogen-bond acceptors (Lipinski definition) is 3. The SMILES string of the molecule is C=C(CNCC(O)c1ccsc1)c1ccccc1. The van der Waals surface area contributed by atoms with Crippen LogP contribution in [0.1, 0.15) is 17.2 Å². The molecule has 2 aromatic rings. The predicted octanol–water partition coefficient (Wildman–Crippen LogP) is 3.08. The second-order valence-corrected chi connectivity index (χ2v) is 4.95. The number of hydrogen-bond donors (Lipinski definition) is 2. The third-order valence-corrected chi connectivity index (χ3v) is 3.49. The fourth-order valence-electron chi connectivity index (χ4n) is 1.72. The molecule has 0 saturated carbocycles. The largest absolute Gasteiger partial charge is 0.387 e. The molecule has 0 saturated heterocycles. The van der Waals surface area contributed by atoms with Gasteiger partial charge in [0.1, 0.15) is 0 Å². The number of benzene rings is 1. The van der Waals surface area contributed by atoms with E-state index >= 15 is 0 Å². The van der Waals surface area contributed by atoms with Gasteiger partial charge in [-0.15, -0.1) is 0 Å². The van der Waals surface area contributed by atoms with E-state index < -0.39 is 6.10 Å². The van der Waals surface area contributed by atoms with E-state index in [0.717, 1.165) is 16.7 Å². The van der Waals surface area contributed by atoms with Gasteiger partial charge in [-0.3, -0.25) is 0 Å². The van der Waals surface area contributed by atoms with Gasteiger partial charge in [0.15, 0.2) is 0 Å². The van der Waals surface area contributed by atoms with Gasteiger partial charge in [0.25, 0.3) is 0 Å². The summed E-state index contributed by atoms with van der Waals surface area (Å²) in [5.74, 6) is 0. The first kappa shape index (κ1) is 13.0. The molecule has 0 aliphatic heterocycles. The summed E-state index contributed by atoms with van der Waals surface area (Å²) < 4.78 is 0. The summed E-state index contributed by atoms with van der Waals surface area (Å²) in [7, 11) is 0. The number of rotatable bonds is 6. The highest BCUT2D eigenvalue weighted by Gasteiger charge is 2.07. The van der Waals surface area contributed by atoms with E-state index in [1.807, 2.05) is 47.2 Å². The molecule has 2 nitrogen and oxygen atoms in total. The zero-order chi connectivity index (χ0) is 12.8. The lowest BCUT2D eigenvalue weighted by Crippen LogP contribution is -2.22. The Kier molecular flexibility index (Phi) is 4.70. The Morgan fingerprint density at radius 1 is 1.28 bits per heavy atom. The molecule has 2 rings (SSSR count). The standard InChI is InChI=1S/C15H17NOS/c1-12(13-5-3-2-4-6-13)9-16-10-15(17)14-7-8-18-11-14/h2-8,11,15-17H,1,9-10H2. The first-order valence-electron chi connectivity index (χ1n) is 5.91. The first-order valence-corrected chi connectivity index (χ1v) is 6.85. The lowest BCUT2D eigenvalue weighted by Gasteiger charge is -2.12. The first-order chi connectivity index (χ1) is 8.77. The molecular formula is C15H17NOS. The van der Waals surface area contributed by atoms with Crippen molar-refractivity contribution in [1.29, 1.82) is 0 Å². The van der Waals surface area contributed by atoms with E-state index in [9.17, 15) is 5.11 Å². The molecule has 1 atom stereocenters. The number of aliphatic hydroxyl groups excluding tert-OH is 1. The van der Waals surface area contributed by atoms with E-state index in [1.165, 1.54) is 0 Å². The highest BCUT2D eigenvalue weighted by Crippen LogP contribution is 2.15. The average Bonchev–Trinajstić information content (AvgIpc) is 2.93. The van der Waals surface area contributed by atoms with Crippen molar-refractivity contribution in [1.82, 2.24) is 5.32 Å². The van der Waals surface area contributed by atoms with Crippen LogP contribution >= 0.6 is 11.3 Å². The highest BCUT2D eigenvalue weighted by atomic mass is 32.1. The zero-order valence-corrected chi connectivity index (χ0v) is 11.0. The minimum atomic E-state index is -0.445. The van der Waals surface area contributed by atoms with Gasteiger partial charge < -0.3 is 10.4 Å². The average molecular weight is 259 g/mol. The van der Waals surface area contributed by atoms with Gasteiger partial charge in [0.2, 0.25) is 0 Å². The van der Waals surface area contributed by atoms with Crippen molar-refractivity contribution in [3.05, 3.63) is 64.9 Å². The molecule has 0 spiro atoms. The maximum absolute atomic E-state index is 9.91. The van der Waals surface area contributed by atoms with Crippen LogP contribution in [-0.4, -0.2) is 18.2 Å². The number of aliphatic hydroxyl groups is 1. The molecule has 1 aromatic heterocycles. The minimum absolute atomic E-state index is 0.445. The summed E-state index contributed by atoms with van der Waals surface area (Å²) in [4.78, 5) is 0. The summed E-state index contributed by atoms with van der Waals surface area (Å²) in [6.07, 6.45) is -0.445. The molecule has 0 fully saturated rings. The van der Waals surface area contributed by atoms with Crippen LogP contribution in [0.15, 0.2) is 53.7 Å². The Hall–Kier alpha value is -1.42. The van der Waals surface area contributed by atoms with Crippen LogP contribution in [0, 0.1) is 0 Å². The molecule has 0 aliphatic rings. The van der Waals surface area contributed by atoms with Crippen LogP contribution in [-0.2, 0) is 0 Å². The second kappa shape index (κ2) is 6.50. The summed E-state index contributed by atoms with van der Waals surface area (Å²) in [6, 6.07) is 12.0. The molecule has 0 aliphatic carbocycles. The monoisotopic (exact) mass is 259 g/mol. The Bertz CT molecular complexity index is 478. The molecule has 0 amide bonds. The van der Waals surface area contributed by atoms with Crippen LogP contribution in [0.3, 0.4) is 0 Å². The van der Waals surface area contributed by atoms with E-state index in [4.69, 9.17) is 0 Å². The Balaban J connectivity index is 1.77. The molecule has 1 unspecified atom stereocenters. The predicted molar refractivity (Wildman–Crippen MR) is 77.6 cm³/mol. The van der Waals surface area contributed by atoms with E-state index in [1.54, 1.807) is 11.3 Å². The summed E-state index contributed by atoms with van der Waals surface area (Å²) in [6.45, 7) is 5.27. The third kappa shape index (κ3) is 3.53. The van der Waals surface area contributed by atoms with Crippen LogP contribution in [0.5, 0.6) is 0 Å². The molecule has 2 N–H and O–H groups in total. The molecule has 0 radical (unpaired) electrons. The van der Waals surface area contributed by atoms with Crippen molar-refractivity contribution in [3.63, 3.8) is 0 Å². The lowest BCUT2D eigenvalue weighted by atomic mass is 10.1. The van der Waals surface area contributed by atoms with Gasteiger partial charge in [-0.25, -0.2) is 0 Å². The van der Waals surface area contributed by atoms with Crippen LogP contribution in [0.2, 0.25) is 0 Å². The van der Waals surface area contributed by atoms with Gasteiger partial charge >= 0.3 is 0 Å². The van der Waals surface area contributed by atoms with Gasteiger partial charge in [-0.2, -0.15) is 11.3 Å². The Morgan fingerprint density at radius 3 is 2.72 bits per heavy atom. The number of nitrogens with one attached hydrogen (secondary N) is 1. The maximum atomic E-state index is 9.91. The van der Waals surface area contributed by atoms with Crippen molar-refractivity contribution in [2.45, 2.75) is 6.10 Å². The van der Waals surface area contributed by atoms with Gasteiger partial charge in [-0.1, -0.05) is 36.9 Å². The highest BCUT2D eigenvalue weighted by molar-refractivity contribution is 7.07. The summed E-state index contributed by atoms with van der Waals surface area (Å²) in [5, 5.41) is 17.1. The fourth-order valence-corrected chi connectivity index (χ4v) is 2.43. The quantitative estimate of drug-likeness (QED) is 0.835. The molecule has 94 valence electrons. The van der Waals surface area contributed by atoms with Crippen molar-refractivity contribution in [2.75, 3.05) is 13.1 Å². The van der Waals surface area contributed by atoms with Crippen LogP contribution < -0.4 is 5.32 Å². The van der Waals surface area contributed by atoms with Crippen molar-refractivity contribution >= 4 is 16.9 Å².